The molecule has 0 spiro atoms. The van der Waals surface area contributed by atoms with E-state index in [1.807, 2.05) is 6.92 Å². The third-order valence-electron chi connectivity index (χ3n) is 3.11. The highest BCUT2D eigenvalue weighted by Crippen LogP contribution is 2.34. The zero-order chi connectivity index (χ0) is 10.9. The van der Waals surface area contributed by atoms with Gasteiger partial charge in [0.2, 0.25) is 0 Å². The number of Topliss-reactive ketones (excluding diaryl/α,β-unsaturated/α-hetero) is 1. The molecule has 0 bridgehead atoms. The van der Waals surface area contributed by atoms with Crippen LogP contribution in [0.15, 0.2) is 12.2 Å². The van der Waals surface area contributed by atoms with Gasteiger partial charge < -0.3 is 5.11 Å². The number of hydrogen-bond acceptors (Lipinski definition) is 2. The van der Waals surface area contributed by atoms with E-state index in [0.717, 1.165) is 5.57 Å². The summed E-state index contributed by atoms with van der Waals surface area (Å²) in [6.45, 7) is 7.35. The van der Waals surface area contributed by atoms with Gasteiger partial charge in [-0.05, 0) is 19.3 Å². The van der Waals surface area contributed by atoms with Gasteiger partial charge in [-0.15, -0.1) is 0 Å². The molecule has 0 heterocycles. The Balaban J connectivity index is 2.81. The summed E-state index contributed by atoms with van der Waals surface area (Å²) in [6, 6.07) is 0. The topological polar surface area (TPSA) is 54.4 Å². The van der Waals surface area contributed by atoms with Crippen molar-refractivity contribution < 1.29 is 14.7 Å². The molecule has 0 aromatic rings. The second-order valence-corrected chi connectivity index (χ2v) is 4.18. The average molecular weight is 196 g/mol. The Hall–Kier alpha value is -1.12. The van der Waals surface area contributed by atoms with Crippen LogP contribution in [0.2, 0.25) is 0 Å². The first-order valence-corrected chi connectivity index (χ1v) is 4.84. The highest BCUT2D eigenvalue weighted by Gasteiger charge is 2.37. The SMILES string of the molecule is C=C(C)C1CC(=O)C(C)C(C(=O)O)C1. The minimum absolute atomic E-state index is 0.0525. The van der Waals surface area contributed by atoms with Crippen LogP contribution in [0.5, 0.6) is 0 Å². The summed E-state index contributed by atoms with van der Waals surface area (Å²) in [4.78, 5) is 22.4. The van der Waals surface area contributed by atoms with Gasteiger partial charge in [-0.1, -0.05) is 19.1 Å². The molecule has 0 radical (unpaired) electrons. The first kappa shape index (κ1) is 11.0. The summed E-state index contributed by atoms with van der Waals surface area (Å²) >= 11 is 0. The molecule has 0 aromatic heterocycles. The molecule has 1 saturated carbocycles. The van der Waals surface area contributed by atoms with Gasteiger partial charge >= 0.3 is 5.97 Å². The molecule has 1 aliphatic carbocycles. The summed E-state index contributed by atoms with van der Waals surface area (Å²) < 4.78 is 0. The molecular weight excluding hydrogens is 180 g/mol. The number of rotatable bonds is 2. The first-order chi connectivity index (χ1) is 6.43. The molecule has 14 heavy (non-hydrogen) atoms. The van der Waals surface area contributed by atoms with Crippen molar-refractivity contribution in [2.24, 2.45) is 17.8 Å². The van der Waals surface area contributed by atoms with E-state index >= 15 is 0 Å². The molecule has 3 atom stereocenters. The van der Waals surface area contributed by atoms with Crippen LogP contribution in [0.25, 0.3) is 0 Å². The Morgan fingerprint density at radius 1 is 1.57 bits per heavy atom. The highest BCUT2D eigenvalue weighted by atomic mass is 16.4. The van der Waals surface area contributed by atoms with E-state index in [2.05, 4.69) is 6.58 Å². The summed E-state index contributed by atoms with van der Waals surface area (Å²) in [6.07, 6.45) is 1.01. The van der Waals surface area contributed by atoms with E-state index in [-0.39, 0.29) is 17.6 Å². The molecular formula is C11H16O3. The first-order valence-electron chi connectivity index (χ1n) is 4.84. The van der Waals surface area contributed by atoms with E-state index in [1.54, 1.807) is 6.92 Å². The minimum atomic E-state index is -0.864. The fourth-order valence-electron chi connectivity index (χ4n) is 1.94. The van der Waals surface area contributed by atoms with E-state index in [9.17, 15) is 9.59 Å². The van der Waals surface area contributed by atoms with Gasteiger partial charge in [0.1, 0.15) is 5.78 Å². The Bertz CT molecular complexity index is 280. The largest absolute Gasteiger partial charge is 0.481 e. The van der Waals surface area contributed by atoms with Crippen molar-refractivity contribution in [3.05, 3.63) is 12.2 Å². The van der Waals surface area contributed by atoms with Crippen molar-refractivity contribution in [2.45, 2.75) is 26.7 Å². The van der Waals surface area contributed by atoms with Crippen molar-refractivity contribution in [3.8, 4) is 0 Å². The van der Waals surface area contributed by atoms with E-state index in [4.69, 9.17) is 5.11 Å². The van der Waals surface area contributed by atoms with E-state index in [0.29, 0.717) is 12.8 Å². The number of carboxylic acid groups (broad SMARTS) is 1. The molecule has 1 rings (SSSR count). The molecule has 1 fully saturated rings. The predicted octanol–water partition coefficient (Wildman–Crippen LogP) is 1.88. The Kier molecular flexibility index (Phi) is 3.09. The average Bonchev–Trinajstić information content (AvgIpc) is 2.08. The summed E-state index contributed by atoms with van der Waals surface area (Å²) in [5, 5.41) is 8.94. The fourth-order valence-corrected chi connectivity index (χ4v) is 1.94. The molecule has 3 unspecified atom stereocenters. The van der Waals surface area contributed by atoms with E-state index < -0.39 is 11.9 Å². The molecule has 0 saturated heterocycles. The molecule has 3 heteroatoms. The molecule has 0 amide bonds. The summed E-state index contributed by atoms with van der Waals surface area (Å²) in [5.74, 6) is -1.63. The van der Waals surface area contributed by atoms with Gasteiger partial charge in [-0.2, -0.15) is 0 Å². The van der Waals surface area contributed by atoms with Gasteiger partial charge in [-0.25, -0.2) is 0 Å². The summed E-state index contributed by atoms with van der Waals surface area (Å²) in [7, 11) is 0. The smallest absolute Gasteiger partial charge is 0.307 e. The lowest BCUT2D eigenvalue weighted by Gasteiger charge is -2.30. The lowest BCUT2D eigenvalue weighted by Crippen LogP contribution is -2.36. The van der Waals surface area contributed by atoms with Crippen molar-refractivity contribution in [2.75, 3.05) is 0 Å². The summed E-state index contributed by atoms with van der Waals surface area (Å²) in [5.41, 5.74) is 0.913. The number of carbonyl (C=O) groups excluding carboxylic acids is 1. The third-order valence-corrected chi connectivity index (χ3v) is 3.11. The second kappa shape index (κ2) is 3.95. The maximum Gasteiger partial charge on any atom is 0.307 e. The Labute approximate surface area is 83.8 Å². The van der Waals surface area contributed by atoms with Crippen molar-refractivity contribution in [3.63, 3.8) is 0 Å². The normalized spacial score (nSPS) is 32.7. The molecule has 78 valence electrons. The lowest BCUT2D eigenvalue weighted by atomic mass is 9.72. The number of aliphatic carboxylic acids is 1. The quantitative estimate of drug-likeness (QED) is 0.686. The van der Waals surface area contributed by atoms with Gasteiger partial charge in [0, 0.05) is 12.3 Å². The van der Waals surface area contributed by atoms with Gasteiger partial charge in [0.25, 0.3) is 0 Å². The zero-order valence-electron chi connectivity index (χ0n) is 8.62. The number of ketones is 1. The van der Waals surface area contributed by atoms with Crippen molar-refractivity contribution in [1.29, 1.82) is 0 Å². The number of hydrogen-bond donors (Lipinski definition) is 1. The van der Waals surface area contributed by atoms with Crippen LogP contribution < -0.4 is 0 Å². The molecule has 0 aromatic carbocycles. The third kappa shape index (κ3) is 2.03. The van der Waals surface area contributed by atoms with Gasteiger partial charge in [-0.3, -0.25) is 9.59 Å². The predicted molar refractivity (Wildman–Crippen MR) is 52.8 cm³/mol. The molecule has 0 aliphatic heterocycles. The fraction of sp³-hybridized carbons (Fsp3) is 0.636. The lowest BCUT2D eigenvalue weighted by molar-refractivity contribution is -0.149. The van der Waals surface area contributed by atoms with Crippen molar-refractivity contribution >= 4 is 11.8 Å². The Morgan fingerprint density at radius 3 is 2.57 bits per heavy atom. The minimum Gasteiger partial charge on any atom is -0.481 e. The number of carboxylic acids is 1. The van der Waals surface area contributed by atoms with Crippen LogP contribution in [0.1, 0.15) is 26.7 Å². The van der Waals surface area contributed by atoms with Gasteiger partial charge in [0.15, 0.2) is 0 Å². The molecule has 1 N–H and O–H groups in total. The molecule has 3 nitrogen and oxygen atoms in total. The maximum atomic E-state index is 11.5. The Morgan fingerprint density at radius 2 is 2.14 bits per heavy atom. The number of carbonyl (C=O) groups is 2. The van der Waals surface area contributed by atoms with Crippen molar-refractivity contribution in [1.82, 2.24) is 0 Å². The maximum absolute atomic E-state index is 11.5. The molecule has 1 aliphatic rings. The van der Waals surface area contributed by atoms with Crippen LogP contribution >= 0.6 is 0 Å². The monoisotopic (exact) mass is 196 g/mol. The van der Waals surface area contributed by atoms with Crippen LogP contribution in [-0.4, -0.2) is 16.9 Å². The second-order valence-electron chi connectivity index (χ2n) is 4.18. The van der Waals surface area contributed by atoms with Crippen LogP contribution in [-0.2, 0) is 9.59 Å². The van der Waals surface area contributed by atoms with E-state index in [1.165, 1.54) is 0 Å². The van der Waals surface area contributed by atoms with Crippen LogP contribution in [0.3, 0.4) is 0 Å². The number of allylic oxidation sites excluding steroid dienone is 1. The van der Waals surface area contributed by atoms with Crippen LogP contribution in [0.4, 0.5) is 0 Å². The van der Waals surface area contributed by atoms with Crippen LogP contribution in [0, 0.1) is 17.8 Å². The zero-order valence-corrected chi connectivity index (χ0v) is 8.62. The van der Waals surface area contributed by atoms with Gasteiger partial charge in [0.05, 0.1) is 5.92 Å². The standard InChI is InChI=1S/C11H16O3/c1-6(2)8-4-9(11(13)14)7(3)10(12)5-8/h7-9H,1,4-5H2,2-3H3,(H,13,14). The highest BCUT2D eigenvalue weighted by molar-refractivity contribution is 5.87.